The van der Waals surface area contributed by atoms with E-state index in [1.165, 1.54) is 10.6 Å². The van der Waals surface area contributed by atoms with Gasteiger partial charge in [0.25, 0.3) is 0 Å². The van der Waals surface area contributed by atoms with Crippen LogP contribution in [-0.4, -0.2) is 38.9 Å². The van der Waals surface area contributed by atoms with Crippen LogP contribution in [-0.2, 0) is 13.1 Å². The van der Waals surface area contributed by atoms with Crippen LogP contribution in [0.5, 0.6) is 11.5 Å². The molecule has 0 aliphatic heterocycles. The summed E-state index contributed by atoms with van der Waals surface area (Å²) in [6, 6.07) is 27.7. The first-order chi connectivity index (χ1) is 22.8. The van der Waals surface area contributed by atoms with Crippen molar-refractivity contribution >= 4 is 27.4 Å². The van der Waals surface area contributed by atoms with Gasteiger partial charge in [0.1, 0.15) is 39.5 Å². The number of rotatable bonds is 10. The highest BCUT2D eigenvalue weighted by molar-refractivity contribution is 9.10. The van der Waals surface area contributed by atoms with E-state index in [9.17, 15) is 19.1 Å². The smallest absolute Gasteiger partial charge is 0.199 e. The molecule has 1 unspecified atom stereocenters. The first kappa shape index (κ1) is 31.6. The van der Waals surface area contributed by atoms with Crippen LogP contribution in [0.1, 0.15) is 34.2 Å². The van der Waals surface area contributed by atoms with Gasteiger partial charge in [0.05, 0.1) is 31.4 Å². The van der Waals surface area contributed by atoms with E-state index in [0.717, 1.165) is 23.3 Å². The van der Waals surface area contributed by atoms with Crippen LogP contribution in [0, 0.1) is 23.0 Å². The Bertz CT molecular complexity index is 2030. The molecule has 0 aliphatic carbocycles. The van der Waals surface area contributed by atoms with Gasteiger partial charge in [-0.25, -0.2) is 23.3 Å². The van der Waals surface area contributed by atoms with Crippen LogP contribution in [0.2, 0.25) is 0 Å². The SMILES string of the molecule is COc1ccc(CN(Cc2ccc(OC)cc2)c2nc(-c3ccccc3C#N)c(Br)n3nc(C(O)c4c(F)cccc4F)nc23)cc1. The summed E-state index contributed by atoms with van der Waals surface area (Å²) < 4.78 is 41.9. The third-order valence-corrected chi connectivity index (χ3v) is 8.32. The molecule has 4 aromatic carbocycles. The standard InChI is InChI=1S/C35H27BrF2N6O3/c1-46-24-14-10-21(11-15-24)19-43(20-22-12-16-25(47-2)17-13-22)34-35-41-33(31(45)29-27(37)8-5-9-28(29)38)42-44(35)32(36)30(40-34)26-7-4-3-6-23(26)18-39/h3-17,31,45H,19-20H2,1-2H3. The second-order valence-electron chi connectivity index (χ2n) is 10.5. The van der Waals surface area contributed by atoms with E-state index >= 15 is 0 Å². The van der Waals surface area contributed by atoms with Crippen molar-refractivity contribution < 1.29 is 23.4 Å². The van der Waals surface area contributed by atoms with Gasteiger partial charge in [0.2, 0.25) is 0 Å². The minimum absolute atomic E-state index is 0.211. The molecule has 6 rings (SSSR count). The van der Waals surface area contributed by atoms with Gasteiger partial charge in [-0.3, -0.25) is 0 Å². The first-order valence-electron chi connectivity index (χ1n) is 14.4. The second kappa shape index (κ2) is 13.5. The Kier molecular flexibility index (Phi) is 9.10. The topological polar surface area (TPSA) is 109 Å². The Balaban J connectivity index is 1.58. The zero-order chi connectivity index (χ0) is 33.1. The average Bonchev–Trinajstić information content (AvgIpc) is 3.55. The van der Waals surface area contributed by atoms with Gasteiger partial charge in [0, 0.05) is 18.7 Å². The first-order valence-corrected chi connectivity index (χ1v) is 15.2. The molecule has 0 bridgehead atoms. The summed E-state index contributed by atoms with van der Waals surface area (Å²) >= 11 is 3.59. The number of halogens is 3. The lowest BCUT2D eigenvalue weighted by atomic mass is 10.1. The van der Waals surface area contributed by atoms with Crippen molar-refractivity contribution in [3.63, 3.8) is 0 Å². The van der Waals surface area contributed by atoms with Crippen molar-refractivity contribution in [3.8, 4) is 28.8 Å². The number of nitriles is 1. The van der Waals surface area contributed by atoms with Gasteiger partial charge >= 0.3 is 0 Å². The number of hydrogen-bond acceptors (Lipinski definition) is 8. The molecule has 0 aliphatic rings. The molecule has 12 heteroatoms. The van der Waals surface area contributed by atoms with Crippen LogP contribution in [0.15, 0.2) is 95.6 Å². The fourth-order valence-electron chi connectivity index (χ4n) is 5.21. The number of methoxy groups -OCH3 is 2. The minimum Gasteiger partial charge on any atom is -0.497 e. The van der Waals surface area contributed by atoms with Gasteiger partial charge < -0.3 is 19.5 Å². The summed E-state index contributed by atoms with van der Waals surface area (Å²) in [5, 5.41) is 25.6. The fourth-order valence-corrected chi connectivity index (χ4v) is 5.76. The number of aromatic nitrogens is 4. The van der Waals surface area contributed by atoms with E-state index in [1.54, 1.807) is 38.5 Å². The van der Waals surface area contributed by atoms with Gasteiger partial charge in [-0.2, -0.15) is 5.26 Å². The molecule has 0 saturated heterocycles. The number of hydrogen-bond donors (Lipinski definition) is 1. The molecule has 0 saturated carbocycles. The number of fused-ring (bicyclic) bond motifs is 1. The molecule has 0 radical (unpaired) electrons. The van der Waals surface area contributed by atoms with E-state index in [0.29, 0.717) is 51.8 Å². The van der Waals surface area contributed by atoms with E-state index in [1.807, 2.05) is 53.4 Å². The summed E-state index contributed by atoms with van der Waals surface area (Å²) in [5.41, 5.74) is 2.76. The molecule has 0 spiro atoms. The molecule has 2 heterocycles. The summed E-state index contributed by atoms with van der Waals surface area (Å²) in [7, 11) is 3.19. The molecule has 0 amide bonds. The summed E-state index contributed by atoms with van der Waals surface area (Å²) in [4.78, 5) is 11.6. The van der Waals surface area contributed by atoms with E-state index in [-0.39, 0.29) is 11.5 Å². The predicted octanol–water partition coefficient (Wildman–Crippen LogP) is 7.01. The largest absolute Gasteiger partial charge is 0.497 e. The molecular weight excluding hydrogens is 670 g/mol. The van der Waals surface area contributed by atoms with Crippen molar-refractivity contribution in [2.45, 2.75) is 19.2 Å². The summed E-state index contributed by atoms with van der Waals surface area (Å²) in [6.45, 7) is 0.707. The normalized spacial score (nSPS) is 11.7. The Morgan fingerprint density at radius 2 is 1.43 bits per heavy atom. The third kappa shape index (κ3) is 6.36. The highest BCUT2D eigenvalue weighted by atomic mass is 79.9. The highest BCUT2D eigenvalue weighted by Crippen LogP contribution is 2.36. The lowest BCUT2D eigenvalue weighted by Crippen LogP contribution is -2.24. The van der Waals surface area contributed by atoms with Crippen molar-refractivity contribution in [2.24, 2.45) is 0 Å². The summed E-state index contributed by atoms with van der Waals surface area (Å²) in [6.07, 6.45) is -1.82. The maximum absolute atomic E-state index is 14.7. The van der Waals surface area contributed by atoms with Crippen LogP contribution in [0.4, 0.5) is 14.6 Å². The molecule has 2 aromatic heterocycles. The Morgan fingerprint density at radius 1 is 0.851 bits per heavy atom. The molecule has 6 aromatic rings. The highest BCUT2D eigenvalue weighted by Gasteiger charge is 2.28. The van der Waals surface area contributed by atoms with Crippen LogP contribution in [0.3, 0.4) is 0 Å². The van der Waals surface area contributed by atoms with E-state index in [4.69, 9.17) is 14.5 Å². The van der Waals surface area contributed by atoms with Gasteiger partial charge in [0.15, 0.2) is 17.3 Å². The third-order valence-electron chi connectivity index (χ3n) is 7.61. The maximum Gasteiger partial charge on any atom is 0.199 e. The molecule has 0 fully saturated rings. The zero-order valence-electron chi connectivity index (χ0n) is 25.2. The number of nitrogens with zero attached hydrogens (tertiary/aromatic N) is 6. The Hall–Kier alpha value is -5.38. The van der Waals surface area contributed by atoms with Crippen LogP contribution in [0.25, 0.3) is 16.9 Å². The predicted molar refractivity (Wildman–Crippen MR) is 175 cm³/mol. The van der Waals surface area contributed by atoms with Gasteiger partial charge in [-0.15, -0.1) is 5.10 Å². The molecular formula is C35H27BrF2N6O3. The molecule has 236 valence electrons. The number of aliphatic hydroxyl groups is 1. The van der Waals surface area contributed by atoms with Gasteiger partial charge in [-0.1, -0.05) is 48.5 Å². The van der Waals surface area contributed by atoms with Crippen molar-refractivity contribution in [2.75, 3.05) is 19.1 Å². The second-order valence-corrected chi connectivity index (χ2v) is 11.3. The van der Waals surface area contributed by atoms with Crippen molar-refractivity contribution in [1.82, 2.24) is 19.6 Å². The maximum atomic E-state index is 14.7. The molecule has 9 nitrogen and oxygen atoms in total. The molecule has 47 heavy (non-hydrogen) atoms. The fraction of sp³-hybridized carbons (Fsp3) is 0.143. The van der Waals surface area contributed by atoms with Crippen LogP contribution >= 0.6 is 15.9 Å². The monoisotopic (exact) mass is 696 g/mol. The lowest BCUT2D eigenvalue weighted by molar-refractivity contribution is 0.199. The lowest BCUT2D eigenvalue weighted by Gasteiger charge is -2.25. The van der Waals surface area contributed by atoms with Crippen LogP contribution < -0.4 is 14.4 Å². The molecule has 1 atom stereocenters. The van der Waals surface area contributed by atoms with E-state index in [2.05, 4.69) is 32.1 Å². The minimum atomic E-state index is -1.82. The Labute approximate surface area is 277 Å². The number of ether oxygens (including phenoxy) is 2. The quantitative estimate of drug-likeness (QED) is 0.163. The number of anilines is 1. The van der Waals surface area contributed by atoms with Gasteiger partial charge in [-0.05, 0) is 69.5 Å². The number of aliphatic hydroxyl groups excluding tert-OH is 1. The van der Waals surface area contributed by atoms with E-state index < -0.39 is 23.3 Å². The average molecular weight is 698 g/mol. The van der Waals surface area contributed by atoms with Crippen molar-refractivity contribution in [3.05, 3.63) is 135 Å². The summed E-state index contributed by atoms with van der Waals surface area (Å²) in [5.74, 6) is -0.353. The van der Waals surface area contributed by atoms with Crippen molar-refractivity contribution in [1.29, 1.82) is 5.26 Å². The number of benzene rings is 4. The zero-order valence-corrected chi connectivity index (χ0v) is 26.8. The Morgan fingerprint density at radius 3 is 1.98 bits per heavy atom. The molecule has 1 N–H and O–H groups in total.